The quantitative estimate of drug-likeness (QED) is 0.337. The number of amidine groups is 1. The van der Waals surface area contributed by atoms with Crippen molar-refractivity contribution >= 4 is 11.8 Å². The van der Waals surface area contributed by atoms with Crippen molar-refractivity contribution in [1.82, 2.24) is 4.90 Å². The van der Waals surface area contributed by atoms with Crippen LogP contribution in [-0.2, 0) is 17.5 Å². The van der Waals surface area contributed by atoms with E-state index in [4.69, 9.17) is 16.0 Å². The van der Waals surface area contributed by atoms with Crippen molar-refractivity contribution in [3.63, 3.8) is 0 Å². The van der Waals surface area contributed by atoms with E-state index >= 15 is 0 Å². The Morgan fingerprint density at radius 1 is 1.41 bits per heavy atom. The van der Waals surface area contributed by atoms with E-state index < -0.39 is 35.0 Å². The molecule has 0 atom stereocenters. The Morgan fingerprint density at radius 3 is 2.55 bits per heavy atom. The van der Waals surface area contributed by atoms with Gasteiger partial charge in [0.15, 0.2) is 5.84 Å². The van der Waals surface area contributed by atoms with Crippen LogP contribution in [0.25, 0.3) is 0 Å². The Balaban J connectivity index is 2.19. The molecule has 2 rings (SSSR count). The summed E-state index contributed by atoms with van der Waals surface area (Å²) in [4.78, 5) is 12.4. The topological polar surface area (TPSA) is 99.2 Å². The van der Waals surface area contributed by atoms with Gasteiger partial charge in [-0.3, -0.25) is 9.69 Å². The van der Waals surface area contributed by atoms with Crippen LogP contribution in [0.1, 0.15) is 16.7 Å². The SMILES string of the molecule is NC(=NO)c1ccc(CN2CC(C(=O)O)C2)cc1C(F)(F)F. The van der Waals surface area contributed by atoms with Gasteiger partial charge in [0.25, 0.3) is 0 Å². The summed E-state index contributed by atoms with van der Waals surface area (Å²) in [6, 6.07) is 3.51. The zero-order valence-electron chi connectivity index (χ0n) is 11.3. The number of carboxylic acids is 1. The summed E-state index contributed by atoms with van der Waals surface area (Å²) in [7, 11) is 0. The van der Waals surface area contributed by atoms with Gasteiger partial charge in [-0.05, 0) is 11.6 Å². The molecule has 0 saturated carbocycles. The molecular weight excluding hydrogens is 303 g/mol. The van der Waals surface area contributed by atoms with Gasteiger partial charge < -0.3 is 16.0 Å². The molecular formula is C13H14F3N3O3. The largest absolute Gasteiger partial charge is 0.481 e. The first-order valence-electron chi connectivity index (χ1n) is 6.35. The molecule has 120 valence electrons. The second kappa shape index (κ2) is 5.84. The van der Waals surface area contributed by atoms with E-state index in [-0.39, 0.29) is 6.54 Å². The fraction of sp³-hybridized carbons (Fsp3) is 0.385. The highest BCUT2D eigenvalue weighted by Crippen LogP contribution is 2.33. The van der Waals surface area contributed by atoms with Crippen LogP contribution in [0.15, 0.2) is 23.4 Å². The lowest BCUT2D eigenvalue weighted by molar-refractivity contribution is -0.147. The molecule has 1 heterocycles. The third-order valence-corrected chi connectivity index (χ3v) is 3.49. The molecule has 22 heavy (non-hydrogen) atoms. The van der Waals surface area contributed by atoms with Gasteiger partial charge >= 0.3 is 12.1 Å². The van der Waals surface area contributed by atoms with Gasteiger partial charge in [-0.15, -0.1) is 0 Å². The van der Waals surface area contributed by atoms with E-state index in [9.17, 15) is 18.0 Å². The Labute approximate surface area is 123 Å². The van der Waals surface area contributed by atoms with Crippen molar-refractivity contribution in [3.05, 3.63) is 34.9 Å². The molecule has 1 aromatic rings. The van der Waals surface area contributed by atoms with Gasteiger partial charge in [-0.2, -0.15) is 13.2 Å². The number of halogens is 3. The average molecular weight is 317 g/mol. The number of nitrogens with two attached hydrogens (primary N) is 1. The first kappa shape index (κ1) is 16.1. The predicted octanol–water partition coefficient (Wildman–Crippen LogP) is 1.32. The summed E-state index contributed by atoms with van der Waals surface area (Å²) in [5, 5.41) is 19.9. The number of nitrogens with zero attached hydrogens (tertiary/aromatic N) is 2. The molecule has 1 saturated heterocycles. The Kier molecular flexibility index (Phi) is 4.27. The maximum Gasteiger partial charge on any atom is 0.417 e. The summed E-state index contributed by atoms with van der Waals surface area (Å²) in [6.07, 6.45) is -4.64. The van der Waals surface area contributed by atoms with Gasteiger partial charge in [0.2, 0.25) is 0 Å². The molecule has 1 aliphatic heterocycles. The van der Waals surface area contributed by atoms with Gasteiger partial charge in [0.1, 0.15) is 0 Å². The van der Waals surface area contributed by atoms with Crippen LogP contribution in [0.5, 0.6) is 0 Å². The standard InChI is InChI=1S/C13H14F3N3O3/c14-13(15,16)10-3-7(1-2-9(10)11(17)18-22)4-19-5-8(6-19)12(20)21/h1-3,8,22H,4-6H2,(H2,17,18)(H,20,21). The highest BCUT2D eigenvalue weighted by atomic mass is 19.4. The molecule has 1 fully saturated rings. The van der Waals surface area contributed by atoms with Crippen molar-refractivity contribution in [1.29, 1.82) is 0 Å². The Hall–Kier alpha value is -2.29. The smallest absolute Gasteiger partial charge is 0.417 e. The lowest BCUT2D eigenvalue weighted by atomic mass is 9.98. The number of rotatable bonds is 4. The van der Waals surface area contributed by atoms with Crippen molar-refractivity contribution in [2.24, 2.45) is 16.8 Å². The van der Waals surface area contributed by atoms with E-state index in [2.05, 4.69) is 5.16 Å². The van der Waals surface area contributed by atoms with Crippen LogP contribution in [0, 0.1) is 5.92 Å². The van der Waals surface area contributed by atoms with Gasteiger partial charge in [0, 0.05) is 25.2 Å². The molecule has 1 aliphatic rings. The Morgan fingerprint density at radius 2 is 2.05 bits per heavy atom. The lowest BCUT2D eigenvalue weighted by Gasteiger charge is -2.36. The fourth-order valence-corrected chi connectivity index (χ4v) is 2.31. The monoisotopic (exact) mass is 317 g/mol. The number of benzene rings is 1. The van der Waals surface area contributed by atoms with E-state index in [1.807, 2.05) is 0 Å². The van der Waals surface area contributed by atoms with Crippen molar-refractivity contribution < 1.29 is 28.3 Å². The number of carboxylic acid groups (broad SMARTS) is 1. The lowest BCUT2D eigenvalue weighted by Crippen LogP contribution is -2.49. The number of hydrogen-bond donors (Lipinski definition) is 3. The van der Waals surface area contributed by atoms with E-state index in [0.717, 1.165) is 12.1 Å². The molecule has 0 radical (unpaired) electrons. The minimum Gasteiger partial charge on any atom is -0.481 e. The van der Waals surface area contributed by atoms with Crippen LogP contribution in [0.3, 0.4) is 0 Å². The number of aliphatic carboxylic acids is 1. The summed E-state index contributed by atoms with van der Waals surface area (Å²) in [5.41, 5.74) is 4.25. The van der Waals surface area contributed by atoms with Crippen LogP contribution in [0.2, 0.25) is 0 Å². The van der Waals surface area contributed by atoms with Gasteiger partial charge in [-0.25, -0.2) is 0 Å². The van der Waals surface area contributed by atoms with Crippen LogP contribution in [0.4, 0.5) is 13.2 Å². The third kappa shape index (κ3) is 3.30. The molecule has 0 aromatic heterocycles. The highest BCUT2D eigenvalue weighted by molar-refractivity contribution is 5.98. The van der Waals surface area contributed by atoms with Crippen molar-refractivity contribution in [2.75, 3.05) is 13.1 Å². The molecule has 0 aliphatic carbocycles. The summed E-state index contributed by atoms with van der Waals surface area (Å²) >= 11 is 0. The zero-order chi connectivity index (χ0) is 16.5. The highest BCUT2D eigenvalue weighted by Gasteiger charge is 2.36. The third-order valence-electron chi connectivity index (χ3n) is 3.49. The van der Waals surface area contributed by atoms with E-state index in [1.165, 1.54) is 6.07 Å². The second-order valence-electron chi connectivity index (χ2n) is 5.09. The van der Waals surface area contributed by atoms with E-state index in [0.29, 0.717) is 18.7 Å². The number of hydrogen-bond acceptors (Lipinski definition) is 4. The summed E-state index contributed by atoms with van der Waals surface area (Å²) in [6.45, 7) is 0.820. The number of likely N-dealkylation sites (tertiary alicyclic amines) is 1. The van der Waals surface area contributed by atoms with Crippen molar-refractivity contribution in [2.45, 2.75) is 12.7 Å². The molecule has 0 bridgehead atoms. The minimum atomic E-state index is -4.64. The van der Waals surface area contributed by atoms with Gasteiger partial charge in [0.05, 0.1) is 11.5 Å². The normalized spacial score (nSPS) is 17.3. The summed E-state index contributed by atoms with van der Waals surface area (Å²) < 4.78 is 39.1. The first-order valence-corrected chi connectivity index (χ1v) is 6.35. The second-order valence-corrected chi connectivity index (χ2v) is 5.09. The van der Waals surface area contributed by atoms with E-state index in [1.54, 1.807) is 4.90 Å². The molecule has 0 unspecified atom stereocenters. The van der Waals surface area contributed by atoms with Crippen molar-refractivity contribution in [3.8, 4) is 0 Å². The number of alkyl halides is 3. The summed E-state index contributed by atoms with van der Waals surface area (Å²) in [5.74, 6) is -2.00. The predicted molar refractivity (Wildman–Crippen MR) is 70.4 cm³/mol. The van der Waals surface area contributed by atoms with Crippen LogP contribution < -0.4 is 5.73 Å². The fourth-order valence-electron chi connectivity index (χ4n) is 2.31. The van der Waals surface area contributed by atoms with Gasteiger partial charge in [-0.1, -0.05) is 17.3 Å². The maximum atomic E-state index is 13.0. The number of oxime groups is 1. The Bertz CT molecular complexity index is 610. The number of carbonyl (C=O) groups is 1. The molecule has 0 spiro atoms. The molecule has 6 nitrogen and oxygen atoms in total. The average Bonchev–Trinajstić information content (AvgIpc) is 2.39. The molecule has 4 N–H and O–H groups in total. The minimum absolute atomic E-state index is 0.212. The first-order chi connectivity index (χ1) is 10.2. The van der Waals surface area contributed by atoms with Crippen LogP contribution in [-0.4, -0.2) is 40.1 Å². The molecule has 9 heteroatoms. The maximum absolute atomic E-state index is 13.0. The molecule has 0 amide bonds. The zero-order valence-corrected chi connectivity index (χ0v) is 11.3. The molecule has 1 aromatic carbocycles. The van der Waals surface area contributed by atoms with Crippen LogP contribution >= 0.6 is 0 Å².